The molecular formula is C10H9BrClN3. The molecule has 1 heterocycles. The number of alkyl halides is 1. The molecule has 0 aliphatic carbocycles. The third kappa shape index (κ3) is 2.21. The quantitative estimate of drug-likeness (QED) is 0.794. The highest BCUT2D eigenvalue weighted by Gasteiger charge is 2.05. The smallest absolute Gasteiger partial charge is 0.0937 e. The van der Waals surface area contributed by atoms with Crippen molar-refractivity contribution in [2.45, 2.75) is 12.3 Å². The van der Waals surface area contributed by atoms with Crippen LogP contribution >= 0.6 is 27.5 Å². The lowest BCUT2D eigenvalue weighted by Gasteiger charge is -2.04. The first-order valence-corrected chi connectivity index (χ1v) is 5.94. The van der Waals surface area contributed by atoms with Crippen LogP contribution < -0.4 is 0 Å². The van der Waals surface area contributed by atoms with E-state index in [2.05, 4.69) is 26.2 Å². The molecule has 1 aromatic heterocycles. The van der Waals surface area contributed by atoms with E-state index in [4.69, 9.17) is 11.6 Å². The first kappa shape index (κ1) is 10.6. The van der Waals surface area contributed by atoms with Gasteiger partial charge >= 0.3 is 0 Å². The fourth-order valence-corrected chi connectivity index (χ4v) is 1.73. The average Bonchev–Trinajstić information content (AvgIpc) is 2.70. The summed E-state index contributed by atoms with van der Waals surface area (Å²) in [5.41, 5.74) is 2.97. The third-order valence-electron chi connectivity index (χ3n) is 2.10. The van der Waals surface area contributed by atoms with Crippen LogP contribution in [0.5, 0.6) is 0 Å². The van der Waals surface area contributed by atoms with Gasteiger partial charge in [-0.3, -0.25) is 0 Å². The monoisotopic (exact) mass is 285 g/mol. The van der Waals surface area contributed by atoms with Crippen molar-refractivity contribution in [1.29, 1.82) is 0 Å². The van der Waals surface area contributed by atoms with Crippen LogP contribution in [0, 0.1) is 6.92 Å². The van der Waals surface area contributed by atoms with E-state index in [1.165, 1.54) is 0 Å². The van der Waals surface area contributed by atoms with Crippen molar-refractivity contribution in [2.75, 3.05) is 0 Å². The maximum Gasteiger partial charge on any atom is 0.0937 e. The molecule has 5 heteroatoms. The van der Waals surface area contributed by atoms with Crippen molar-refractivity contribution in [3.8, 4) is 5.69 Å². The van der Waals surface area contributed by atoms with E-state index in [0.29, 0.717) is 10.4 Å². The van der Waals surface area contributed by atoms with Crippen LogP contribution in [-0.2, 0) is 5.33 Å². The lowest BCUT2D eigenvalue weighted by molar-refractivity contribution is 0.796. The number of hydrogen-bond acceptors (Lipinski definition) is 2. The first-order chi connectivity index (χ1) is 7.20. The lowest BCUT2D eigenvalue weighted by Crippen LogP contribution is -1.97. The Labute approximate surface area is 101 Å². The third-order valence-corrected chi connectivity index (χ3v) is 2.91. The molecule has 0 unspecified atom stereocenters. The van der Waals surface area contributed by atoms with Gasteiger partial charge in [0.1, 0.15) is 0 Å². The van der Waals surface area contributed by atoms with E-state index < -0.39 is 0 Å². The molecule has 78 valence electrons. The van der Waals surface area contributed by atoms with Gasteiger partial charge in [0.05, 0.1) is 17.6 Å². The molecule has 0 amide bonds. The van der Waals surface area contributed by atoms with Gasteiger partial charge in [-0.2, -0.15) is 0 Å². The molecule has 1 aromatic carbocycles. The fourth-order valence-electron chi connectivity index (χ4n) is 1.31. The minimum absolute atomic E-state index is 0.700. The maximum atomic E-state index is 5.94. The second kappa shape index (κ2) is 4.33. The van der Waals surface area contributed by atoms with Gasteiger partial charge < -0.3 is 0 Å². The van der Waals surface area contributed by atoms with E-state index in [1.807, 2.05) is 31.3 Å². The van der Waals surface area contributed by atoms with E-state index >= 15 is 0 Å². The van der Waals surface area contributed by atoms with Crippen LogP contribution in [0.3, 0.4) is 0 Å². The van der Waals surface area contributed by atoms with E-state index in [1.54, 1.807) is 4.68 Å². The summed E-state index contributed by atoms with van der Waals surface area (Å²) >= 11 is 9.27. The molecule has 0 saturated heterocycles. The van der Waals surface area contributed by atoms with Crippen LogP contribution in [-0.4, -0.2) is 15.0 Å². The van der Waals surface area contributed by atoms with Gasteiger partial charge in [-0.05, 0) is 24.6 Å². The number of aryl methyl sites for hydroxylation is 1. The highest BCUT2D eigenvalue weighted by Crippen LogP contribution is 2.18. The molecule has 0 saturated carbocycles. The van der Waals surface area contributed by atoms with Crippen molar-refractivity contribution in [3.05, 3.63) is 40.7 Å². The number of hydrogen-bond donors (Lipinski definition) is 0. The molecule has 0 aliphatic rings. The molecule has 0 N–H and O–H groups in total. The van der Waals surface area contributed by atoms with Gasteiger partial charge in [-0.1, -0.05) is 38.8 Å². The van der Waals surface area contributed by atoms with Gasteiger partial charge in [0.15, 0.2) is 0 Å². The van der Waals surface area contributed by atoms with Crippen molar-refractivity contribution < 1.29 is 0 Å². The van der Waals surface area contributed by atoms with Crippen LogP contribution in [0.15, 0.2) is 24.4 Å². The summed E-state index contributed by atoms with van der Waals surface area (Å²) < 4.78 is 1.73. The van der Waals surface area contributed by atoms with Crippen LogP contribution in [0.25, 0.3) is 5.69 Å². The molecule has 0 fully saturated rings. The SMILES string of the molecule is Cc1ccc(Cl)cc1-n1cc(CBr)nn1. The molecular weight excluding hydrogens is 277 g/mol. The van der Waals surface area contributed by atoms with Gasteiger partial charge in [-0.25, -0.2) is 4.68 Å². The second-order valence-corrected chi connectivity index (χ2v) is 4.22. The van der Waals surface area contributed by atoms with Crippen molar-refractivity contribution in [2.24, 2.45) is 0 Å². The Morgan fingerprint density at radius 2 is 2.27 bits per heavy atom. The largest absolute Gasteiger partial charge is 0.220 e. The summed E-state index contributed by atoms with van der Waals surface area (Å²) in [6.45, 7) is 2.02. The van der Waals surface area contributed by atoms with Crippen molar-refractivity contribution in [1.82, 2.24) is 15.0 Å². The standard InChI is InChI=1S/C10H9BrClN3/c1-7-2-3-8(12)4-10(7)15-6-9(5-11)13-14-15/h2-4,6H,5H2,1H3. The highest BCUT2D eigenvalue weighted by atomic mass is 79.9. The molecule has 0 atom stereocenters. The Balaban J connectivity index is 2.48. The average molecular weight is 287 g/mol. The van der Waals surface area contributed by atoms with Gasteiger partial charge in [-0.15, -0.1) is 5.10 Å². The maximum absolute atomic E-state index is 5.94. The van der Waals surface area contributed by atoms with Crippen LogP contribution in [0.4, 0.5) is 0 Å². The molecule has 0 bridgehead atoms. The summed E-state index contributed by atoms with van der Waals surface area (Å²) in [6.07, 6.45) is 1.88. The summed E-state index contributed by atoms with van der Waals surface area (Å²) in [4.78, 5) is 0. The summed E-state index contributed by atoms with van der Waals surface area (Å²) in [5, 5.41) is 9.44. The number of benzene rings is 1. The Morgan fingerprint density at radius 3 is 2.93 bits per heavy atom. The summed E-state index contributed by atoms with van der Waals surface area (Å²) in [5.74, 6) is 0. The zero-order chi connectivity index (χ0) is 10.8. The Morgan fingerprint density at radius 1 is 1.47 bits per heavy atom. The van der Waals surface area contributed by atoms with Crippen molar-refractivity contribution >= 4 is 27.5 Å². The number of nitrogens with zero attached hydrogens (tertiary/aromatic N) is 3. The predicted molar refractivity (Wildman–Crippen MR) is 63.7 cm³/mol. The molecule has 2 aromatic rings. The van der Waals surface area contributed by atoms with Crippen LogP contribution in [0.1, 0.15) is 11.3 Å². The van der Waals surface area contributed by atoms with Crippen LogP contribution in [0.2, 0.25) is 5.02 Å². The Hall–Kier alpha value is -0.870. The van der Waals surface area contributed by atoms with Crippen molar-refractivity contribution in [3.63, 3.8) is 0 Å². The normalized spacial score (nSPS) is 10.6. The van der Waals surface area contributed by atoms with E-state index in [0.717, 1.165) is 16.9 Å². The topological polar surface area (TPSA) is 30.7 Å². The fraction of sp³-hybridized carbons (Fsp3) is 0.200. The Bertz CT molecular complexity index is 481. The molecule has 2 rings (SSSR count). The minimum Gasteiger partial charge on any atom is -0.220 e. The van der Waals surface area contributed by atoms with E-state index in [-0.39, 0.29) is 0 Å². The number of rotatable bonds is 2. The minimum atomic E-state index is 0.700. The van der Waals surface area contributed by atoms with E-state index in [9.17, 15) is 0 Å². The molecule has 15 heavy (non-hydrogen) atoms. The zero-order valence-corrected chi connectivity index (χ0v) is 10.5. The zero-order valence-electron chi connectivity index (χ0n) is 8.11. The van der Waals surface area contributed by atoms with Gasteiger partial charge in [0.25, 0.3) is 0 Å². The highest BCUT2D eigenvalue weighted by molar-refractivity contribution is 9.08. The predicted octanol–water partition coefficient (Wildman–Crippen LogP) is 3.12. The number of aromatic nitrogens is 3. The number of halogens is 2. The molecule has 0 spiro atoms. The summed E-state index contributed by atoms with van der Waals surface area (Å²) in [7, 11) is 0. The second-order valence-electron chi connectivity index (χ2n) is 3.22. The first-order valence-electron chi connectivity index (χ1n) is 4.44. The molecule has 0 aliphatic heterocycles. The molecule has 3 nitrogen and oxygen atoms in total. The Kier molecular flexibility index (Phi) is 3.07. The summed E-state index contributed by atoms with van der Waals surface area (Å²) in [6, 6.07) is 5.71. The van der Waals surface area contributed by atoms with Gasteiger partial charge in [0.2, 0.25) is 0 Å². The lowest BCUT2D eigenvalue weighted by atomic mass is 10.2. The van der Waals surface area contributed by atoms with Gasteiger partial charge in [0, 0.05) is 10.4 Å². The molecule has 0 radical (unpaired) electrons.